The van der Waals surface area contributed by atoms with E-state index < -0.39 is 0 Å². The first-order chi connectivity index (χ1) is 7.27. The Morgan fingerprint density at radius 3 is 3.20 bits per heavy atom. The molecule has 1 amide bonds. The maximum absolute atomic E-state index is 11.8. The van der Waals surface area contributed by atoms with E-state index in [1.807, 2.05) is 0 Å². The van der Waals surface area contributed by atoms with Crippen LogP contribution in [0.5, 0.6) is 0 Å². The third kappa shape index (κ3) is 2.46. The second-order valence-electron chi connectivity index (χ2n) is 3.52. The Labute approximate surface area is 93.0 Å². The third-order valence-electron chi connectivity index (χ3n) is 2.41. The maximum Gasteiger partial charge on any atom is 0.253 e. The van der Waals surface area contributed by atoms with Crippen molar-refractivity contribution in [3.8, 4) is 0 Å². The van der Waals surface area contributed by atoms with Crippen LogP contribution in [-0.4, -0.2) is 30.0 Å². The van der Waals surface area contributed by atoms with E-state index in [1.54, 1.807) is 12.3 Å². The van der Waals surface area contributed by atoms with Gasteiger partial charge < -0.3 is 10.6 Å². The lowest BCUT2D eigenvalue weighted by molar-refractivity contribution is 0.0940. The van der Waals surface area contributed by atoms with Crippen molar-refractivity contribution >= 4 is 17.5 Å². The minimum absolute atomic E-state index is 0.129. The quantitative estimate of drug-likeness (QED) is 0.784. The van der Waals surface area contributed by atoms with Crippen LogP contribution in [0.4, 0.5) is 0 Å². The molecule has 0 aromatic carbocycles. The molecular formula is C10H12ClN3O. The van der Waals surface area contributed by atoms with Crippen LogP contribution in [0.2, 0.25) is 5.02 Å². The van der Waals surface area contributed by atoms with Crippen LogP contribution in [-0.2, 0) is 0 Å². The number of pyridine rings is 1. The number of nitrogens with zero attached hydrogens (tertiary/aromatic N) is 1. The summed E-state index contributed by atoms with van der Waals surface area (Å²) in [6.07, 6.45) is 4.01. The molecule has 0 spiro atoms. The average Bonchev–Trinajstić information content (AvgIpc) is 2.71. The van der Waals surface area contributed by atoms with Crippen molar-refractivity contribution in [1.82, 2.24) is 15.6 Å². The molecule has 1 fully saturated rings. The zero-order valence-electron chi connectivity index (χ0n) is 8.16. The van der Waals surface area contributed by atoms with Gasteiger partial charge in [0.2, 0.25) is 0 Å². The van der Waals surface area contributed by atoms with Gasteiger partial charge in [0.25, 0.3) is 5.91 Å². The van der Waals surface area contributed by atoms with E-state index in [2.05, 4.69) is 15.6 Å². The predicted octanol–water partition coefficient (Wildman–Crippen LogP) is 0.827. The summed E-state index contributed by atoms with van der Waals surface area (Å²) < 4.78 is 0. The van der Waals surface area contributed by atoms with Gasteiger partial charge >= 0.3 is 0 Å². The van der Waals surface area contributed by atoms with Gasteiger partial charge in [-0.15, -0.1) is 0 Å². The normalized spacial score (nSPS) is 20.2. The van der Waals surface area contributed by atoms with E-state index in [1.165, 1.54) is 6.20 Å². The molecule has 0 radical (unpaired) electrons. The SMILES string of the molecule is O=C(NC1CCNC1)c1ccncc1Cl. The number of carbonyl (C=O) groups excluding carboxylic acids is 1. The fourth-order valence-electron chi connectivity index (χ4n) is 1.60. The summed E-state index contributed by atoms with van der Waals surface area (Å²) >= 11 is 5.87. The number of nitrogens with one attached hydrogen (secondary N) is 2. The molecular weight excluding hydrogens is 214 g/mol. The van der Waals surface area contributed by atoms with Crippen LogP contribution >= 0.6 is 11.6 Å². The number of hydrogen-bond donors (Lipinski definition) is 2. The molecule has 1 aromatic rings. The Bertz CT molecular complexity index is 363. The van der Waals surface area contributed by atoms with Crippen molar-refractivity contribution in [2.24, 2.45) is 0 Å². The smallest absolute Gasteiger partial charge is 0.253 e. The largest absolute Gasteiger partial charge is 0.348 e. The van der Waals surface area contributed by atoms with Gasteiger partial charge in [0, 0.05) is 25.0 Å². The molecule has 0 saturated carbocycles. The highest BCUT2D eigenvalue weighted by Gasteiger charge is 2.18. The molecule has 80 valence electrons. The fraction of sp³-hybridized carbons (Fsp3) is 0.400. The average molecular weight is 226 g/mol. The van der Waals surface area contributed by atoms with Crippen molar-refractivity contribution in [1.29, 1.82) is 0 Å². The van der Waals surface area contributed by atoms with Crippen molar-refractivity contribution in [2.45, 2.75) is 12.5 Å². The topological polar surface area (TPSA) is 54.0 Å². The van der Waals surface area contributed by atoms with E-state index in [0.29, 0.717) is 10.6 Å². The van der Waals surface area contributed by atoms with Crippen molar-refractivity contribution in [3.63, 3.8) is 0 Å². The molecule has 4 nitrogen and oxygen atoms in total. The molecule has 2 rings (SSSR count). The zero-order valence-corrected chi connectivity index (χ0v) is 8.92. The Hall–Kier alpha value is -1.13. The number of carbonyl (C=O) groups is 1. The minimum atomic E-state index is -0.129. The number of hydrogen-bond acceptors (Lipinski definition) is 3. The van der Waals surface area contributed by atoms with Crippen molar-refractivity contribution < 1.29 is 4.79 Å². The van der Waals surface area contributed by atoms with Crippen LogP contribution < -0.4 is 10.6 Å². The maximum atomic E-state index is 11.8. The van der Waals surface area contributed by atoms with Gasteiger partial charge in [-0.2, -0.15) is 0 Å². The van der Waals surface area contributed by atoms with Crippen LogP contribution in [0.15, 0.2) is 18.5 Å². The van der Waals surface area contributed by atoms with Crippen molar-refractivity contribution in [3.05, 3.63) is 29.0 Å². The molecule has 1 aromatic heterocycles. The number of aromatic nitrogens is 1. The van der Waals surface area contributed by atoms with E-state index in [9.17, 15) is 4.79 Å². The Morgan fingerprint density at radius 2 is 2.53 bits per heavy atom. The highest BCUT2D eigenvalue weighted by Crippen LogP contribution is 2.13. The van der Waals surface area contributed by atoms with E-state index >= 15 is 0 Å². The molecule has 0 aliphatic carbocycles. The molecule has 1 atom stereocenters. The van der Waals surface area contributed by atoms with Crippen molar-refractivity contribution in [2.75, 3.05) is 13.1 Å². The van der Waals surface area contributed by atoms with E-state index in [-0.39, 0.29) is 11.9 Å². The molecule has 1 aliphatic rings. The predicted molar refractivity (Wildman–Crippen MR) is 58.0 cm³/mol. The van der Waals surface area contributed by atoms with E-state index in [4.69, 9.17) is 11.6 Å². The molecule has 1 saturated heterocycles. The summed E-state index contributed by atoms with van der Waals surface area (Å²) in [5.41, 5.74) is 0.485. The summed E-state index contributed by atoms with van der Waals surface area (Å²) in [7, 11) is 0. The highest BCUT2D eigenvalue weighted by atomic mass is 35.5. The van der Waals surface area contributed by atoms with Gasteiger partial charge in [-0.25, -0.2) is 0 Å². The zero-order chi connectivity index (χ0) is 10.7. The first-order valence-electron chi connectivity index (χ1n) is 4.88. The third-order valence-corrected chi connectivity index (χ3v) is 2.71. The fourth-order valence-corrected chi connectivity index (χ4v) is 1.81. The summed E-state index contributed by atoms with van der Waals surface area (Å²) in [5.74, 6) is -0.129. The number of halogens is 1. The van der Waals surface area contributed by atoms with Gasteiger partial charge in [0.1, 0.15) is 0 Å². The molecule has 1 unspecified atom stereocenters. The highest BCUT2D eigenvalue weighted by molar-refractivity contribution is 6.33. The second kappa shape index (κ2) is 4.59. The summed E-state index contributed by atoms with van der Waals surface area (Å²) in [4.78, 5) is 15.6. The molecule has 5 heteroatoms. The Kier molecular flexibility index (Phi) is 3.18. The molecule has 1 aliphatic heterocycles. The summed E-state index contributed by atoms with van der Waals surface area (Å²) in [6.45, 7) is 1.78. The van der Waals surface area contributed by atoms with Crippen LogP contribution in [0, 0.1) is 0 Å². The van der Waals surface area contributed by atoms with Gasteiger partial charge in [0.15, 0.2) is 0 Å². The monoisotopic (exact) mass is 225 g/mol. The lowest BCUT2D eigenvalue weighted by Gasteiger charge is -2.11. The van der Waals surface area contributed by atoms with E-state index in [0.717, 1.165) is 19.5 Å². The standard InChI is InChI=1S/C10H12ClN3O/c11-9-6-13-4-2-8(9)10(15)14-7-1-3-12-5-7/h2,4,6-7,12H,1,3,5H2,(H,14,15). The Balaban J connectivity index is 2.04. The van der Waals surface area contributed by atoms with Gasteiger partial charge in [-0.3, -0.25) is 9.78 Å². The first-order valence-corrected chi connectivity index (χ1v) is 5.26. The molecule has 15 heavy (non-hydrogen) atoms. The molecule has 2 N–H and O–H groups in total. The first kappa shape index (κ1) is 10.4. The molecule has 2 heterocycles. The van der Waals surface area contributed by atoms with Gasteiger partial charge in [-0.05, 0) is 19.0 Å². The minimum Gasteiger partial charge on any atom is -0.348 e. The lowest BCUT2D eigenvalue weighted by Crippen LogP contribution is -2.36. The Morgan fingerprint density at radius 1 is 1.67 bits per heavy atom. The summed E-state index contributed by atoms with van der Waals surface area (Å²) in [5, 5.41) is 6.50. The summed E-state index contributed by atoms with van der Waals surface area (Å²) in [6, 6.07) is 1.83. The number of rotatable bonds is 2. The van der Waals surface area contributed by atoms with Crippen LogP contribution in [0.3, 0.4) is 0 Å². The van der Waals surface area contributed by atoms with Crippen LogP contribution in [0.25, 0.3) is 0 Å². The lowest BCUT2D eigenvalue weighted by atomic mass is 10.2. The van der Waals surface area contributed by atoms with Gasteiger partial charge in [0.05, 0.1) is 10.6 Å². The van der Waals surface area contributed by atoms with Crippen LogP contribution in [0.1, 0.15) is 16.8 Å². The molecule has 0 bridgehead atoms. The second-order valence-corrected chi connectivity index (χ2v) is 3.93. The number of amides is 1. The van der Waals surface area contributed by atoms with Gasteiger partial charge in [-0.1, -0.05) is 11.6 Å².